The lowest BCUT2D eigenvalue weighted by Crippen LogP contribution is -2.12. The van der Waals surface area contributed by atoms with Crippen LogP contribution in [0, 0.1) is 0 Å². The molecule has 0 aliphatic carbocycles. The molecular weight excluding hydrogens is 282 g/mol. The molecule has 2 rings (SSSR count). The second-order valence-corrected chi connectivity index (χ2v) is 4.35. The topological polar surface area (TPSA) is 68.0 Å². The summed E-state index contributed by atoms with van der Waals surface area (Å²) in [5.41, 5.74) is 6.65. The fraction of sp³-hybridized carbons (Fsp3) is 0. The number of carbonyl (C=O) groups excluding carboxylic acids is 1. The van der Waals surface area contributed by atoms with Crippen molar-refractivity contribution in [2.24, 2.45) is 0 Å². The minimum atomic E-state index is -0.208. The minimum absolute atomic E-state index is 0.208. The molecule has 0 aliphatic heterocycles. The number of benzene rings is 1. The van der Waals surface area contributed by atoms with Crippen molar-refractivity contribution in [2.75, 3.05) is 11.1 Å². The van der Waals surface area contributed by atoms with E-state index in [9.17, 15) is 4.79 Å². The normalized spacial score (nSPS) is 9.94. The lowest BCUT2D eigenvalue weighted by atomic mass is 10.2. The fourth-order valence-electron chi connectivity index (χ4n) is 1.28. The molecule has 0 unspecified atom stereocenters. The van der Waals surface area contributed by atoms with E-state index in [2.05, 4.69) is 26.2 Å². The summed E-state index contributed by atoms with van der Waals surface area (Å²) < 4.78 is 0.963. The van der Waals surface area contributed by atoms with Gasteiger partial charge in [-0.1, -0.05) is 15.9 Å². The van der Waals surface area contributed by atoms with Gasteiger partial charge in [-0.3, -0.25) is 4.79 Å². The Morgan fingerprint density at radius 3 is 2.47 bits per heavy atom. The quantitative estimate of drug-likeness (QED) is 0.894. The first kappa shape index (κ1) is 11.6. The fourth-order valence-corrected chi connectivity index (χ4v) is 1.54. The molecule has 0 saturated carbocycles. The molecule has 0 fully saturated rings. The van der Waals surface area contributed by atoms with Crippen molar-refractivity contribution in [3.05, 3.63) is 52.6 Å². The van der Waals surface area contributed by atoms with Gasteiger partial charge in [-0.2, -0.15) is 0 Å². The first-order valence-electron chi connectivity index (χ1n) is 4.93. The highest BCUT2D eigenvalue weighted by Gasteiger charge is 2.05. The summed E-state index contributed by atoms with van der Waals surface area (Å²) in [6.45, 7) is 0. The first-order chi connectivity index (χ1) is 8.15. The Balaban J connectivity index is 2.11. The molecule has 0 aliphatic rings. The van der Waals surface area contributed by atoms with Crippen molar-refractivity contribution < 1.29 is 4.79 Å². The van der Waals surface area contributed by atoms with Crippen LogP contribution in [0.5, 0.6) is 0 Å². The van der Waals surface area contributed by atoms with Crippen molar-refractivity contribution in [1.82, 2.24) is 4.98 Å². The van der Waals surface area contributed by atoms with E-state index >= 15 is 0 Å². The van der Waals surface area contributed by atoms with Crippen molar-refractivity contribution in [3.63, 3.8) is 0 Å². The maximum absolute atomic E-state index is 11.8. The summed E-state index contributed by atoms with van der Waals surface area (Å²) in [5, 5.41) is 2.76. The molecule has 86 valence electrons. The summed E-state index contributed by atoms with van der Waals surface area (Å²) in [6, 6.07) is 10.6. The van der Waals surface area contributed by atoms with Crippen LogP contribution < -0.4 is 11.1 Å². The van der Waals surface area contributed by atoms with Crippen LogP contribution in [-0.4, -0.2) is 10.9 Å². The van der Waals surface area contributed by atoms with Gasteiger partial charge in [0.25, 0.3) is 5.91 Å². The highest BCUT2D eigenvalue weighted by Crippen LogP contribution is 2.15. The Hall–Kier alpha value is -1.88. The van der Waals surface area contributed by atoms with Crippen molar-refractivity contribution >= 4 is 33.3 Å². The SMILES string of the molecule is Nc1ccc(C(=O)Nc2ccc(Br)cc2)cn1. The van der Waals surface area contributed by atoms with E-state index in [1.54, 1.807) is 12.1 Å². The van der Waals surface area contributed by atoms with Crippen LogP contribution in [0.15, 0.2) is 47.1 Å². The van der Waals surface area contributed by atoms with Crippen LogP contribution in [0.3, 0.4) is 0 Å². The van der Waals surface area contributed by atoms with Gasteiger partial charge in [0.15, 0.2) is 0 Å². The third-order valence-electron chi connectivity index (χ3n) is 2.15. The molecule has 1 amide bonds. The maximum Gasteiger partial charge on any atom is 0.257 e. The third kappa shape index (κ3) is 3.04. The summed E-state index contributed by atoms with van der Waals surface area (Å²) in [4.78, 5) is 15.7. The van der Waals surface area contributed by atoms with E-state index in [1.165, 1.54) is 6.20 Å². The highest BCUT2D eigenvalue weighted by atomic mass is 79.9. The molecule has 1 aromatic heterocycles. The van der Waals surface area contributed by atoms with Gasteiger partial charge in [-0.15, -0.1) is 0 Å². The number of carbonyl (C=O) groups is 1. The van der Waals surface area contributed by atoms with Gasteiger partial charge in [0.1, 0.15) is 5.82 Å². The number of nitrogens with one attached hydrogen (secondary N) is 1. The first-order valence-corrected chi connectivity index (χ1v) is 5.73. The molecule has 1 aromatic carbocycles. The zero-order valence-corrected chi connectivity index (χ0v) is 10.4. The number of hydrogen-bond acceptors (Lipinski definition) is 3. The predicted octanol–water partition coefficient (Wildman–Crippen LogP) is 2.68. The third-order valence-corrected chi connectivity index (χ3v) is 2.68. The van der Waals surface area contributed by atoms with Crippen molar-refractivity contribution in [1.29, 1.82) is 0 Å². The number of nitrogen functional groups attached to an aromatic ring is 1. The molecule has 0 saturated heterocycles. The minimum Gasteiger partial charge on any atom is -0.384 e. The number of nitrogens with zero attached hydrogens (tertiary/aromatic N) is 1. The maximum atomic E-state index is 11.8. The standard InChI is InChI=1S/C12H10BrN3O/c13-9-2-4-10(5-3-9)16-12(17)8-1-6-11(14)15-7-8/h1-7H,(H2,14,15)(H,16,17). The smallest absolute Gasteiger partial charge is 0.257 e. The van der Waals surface area contributed by atoms with Crippen LogP contribution in [0.4, 0.5) is 11.5 Å². The number of amides is 1. The zero-order chi connectivity index (χ0) is 12.3. The molecule has 0 radical (unpaired) electrons. The van der Waals surface area contributed by atoms with Gasteiger partial charge >= 0.3 is 0 Å². The molecule has 0 spiro atoms. The molecule has 5 heteroatoms. The molecule has 4 nitrogen and oxygen atoms in total. The van der Waals surface area contributed by atoms with Gasteiger partial charge in [0.05, 0.1) is 5.56 Å². The van der Waals surface area contributed by atoms with Crippen LogP contribution in [0.25, 0.3) is 0 Å². The molecule has 1 heterocycles. The molecular formula is C12H10BrN3O. The monoisotopic (exact) mass is 291 g/mol. The van der Waals surface area contributed by atoms with Crippen molar-refractivity contribution in [3.8, 4) is 0 Å². The number of rotatable bonds is 2. The number of aromatic nitrogens is 1. The van der Waals surface area contributed by atoms with Gasteiger partial charge in [-0.05, 0) is 36.4 Å². The predicted molar refractivity (Wildman–Crippen MR) is 70.7 cm³/mol. The second-order valence-electron chi connectivity index (χ2n) is 3.43. The van der Waals surface area contributed by atoms with E-state index in [-0.39, 0.29) is 5.91 Å². The van der Waals surface area contributed by atoms with E-state index in [0.717, 1.165) is 10.2 Å². The summed E-state index contributed by atoms with van der Waals surface area (Å²) in [5.74, 6) is 0.185. The zero-order valence-electron chi connectivity index (χ0n) is 8.85. The van der Waals surface area contributed by atoms with Crippen LogP contribution >= 0.6 is 15.9 Å². The number of halogens is 1. The van der Waals surface area contributed by atoms with Gasteiger partial charge in [-0.25, -0.2) is 4.98 Å². The van der Waals surface area contributed by atoms with E-state index in [0.29, 0.717) is 11.4 Å². The number of anilines is 2. The van der Waals surface area contributed by atoms with Crippen LogP contribution in [0.1, 0.15) is 10.4 Å². The summed E-state index contributed by atoms with van der Waals surface area (Å²) in [6.07, 6.45) is 1.45. The average Bonchev–Trinajstić information content (AvgIpc) is 2.33. The highest BCUT2D eigenvalue weighted by molar-refractivity contribution is 9.10. The number of nitrogens with two attached hydrogens (primary N) is 1. The van der Waals surface area contributed by atoms with Crippen molar-refractivity contribution in [2.45, 2.75) is 0 Å². The van der Waals surface area contributed by atoms with Gasteiger partial charge in [0.2, 0.25) is 0 Å². The van der Waals surface area contributed by atoms with E-state index in [1.807, 2.05) is 24.3 Å². The molecule has 0 bridgehead atoms. The Morgan fingerprint density at radius 2 is 1.88 bits per heavy atom. The van der Waals surface area contributed by atoms with Crippen LogP contribution in [-0.2, 0) is 0 Å². The lowest BCUT2D eigenvalue weighted by Gasteiger charge is -2.05. The average molecular weight is 292 g/mol. The number of pyridine rings is 1. The Morgan fingerprint density at radius 1 is 1.18 bits per heavy atom. The Labute approximate surface area is 107 Å². The van der Waals surface area contributed by atoms with Gasteiger partial charge in [0, 0.05) is 16.4 Å². The van der Waals surface area contributed by atoms with Gasteiger partial charge < -0.3 is 11.1 Å². The van der Waals surface area contributed by atoms with Crippen LogP contribution in [0.2, 0.25) is 0 Å². The van der Waals surface area contributed by atoms with E-state index in [4.69, 9.17) is 5.73 Å². The Kier molecular flexibility index (Phi) is 3.39. The lowest BCUT2D eigenvalue weighted by molar-refractivity contribution is 0.102. The second kappa shape index (κ2) is 4.97. The summed E-state index contributed by atoms with van der Waals surface area (Å²) >= 11 is 3.33. The Bertz CT molecular complexity index is 522. The molecule has 0 atom stereocenters. The number of hydrogen-bond donors (Lipinski definition) is 2. The molecule has 3 N–H and O–H groups in total. The summed E-state index contributed by atoms with van der Waals surface area (Å²) in [7, 11) is 0. The molecule has 17 heavy (non-hydrogen) atoms. The van der Waals surface area contributed by atoms with E-state index < -0.39 is 0 Å². The molecule has 2 aromatic rings. The largest absolute Gasteiger partial charge is 0.384 e.